The van der Waals surface area contributed by atoms with Crippen LogP contribution in [0.4, 0.5) is 26.3 Å². The highest BCUT2D eigenvalue weighted by Crippen LogP contribution is 2.33. The lowest BCUT2D eigenvalue weighted by Gasteiger charge is -2.28. The van der Waals surface area contributed by atoms with Crippen molar-refractivity contribution < 1.29 is 35.8 Å². The normalized spacial score (nSPS) is 18.2. The van der Waals surface area contributed by atoms with Crippen molar-refractivity contribution in [3.05, 3.63) is 76.6 Å². The summed E-state index contributed by atoms with van der Waals surface area (Å²) >= 11 is 0. The number of alkyl halides is 3. The Morgan fingerprint density at radius 3 is 2.13 bits per heavy atom. The molecule has 1 aliphatic rings. The Bertz CT molecular complexity index is 1210. The smallest absolute Gasteiger partial charge is 0.422 e. The van der Waals surface area contributed by atoms with E-state index in [1.54, 1.807) is 19.2 Å². The van der Waals surface area contributed by atoms with Gasteiger partial charge in [-0.25, -0.2) is 13.2 Å². The number of halogens is 6. The van der Waals surface area contributed by atoms with E-state index in [0.717, 1.165) is 37.0 Å². The maximum absolute atomic E-state index is 15.2. The number of hydrogen-bond acceptors (Lipinski definition) is 2. The Morgan fingerprint density at radius 1 is 0.789 bits per heavy atom. The van der Waals surface area contributed by atoms with Gasteiger partial charge in [0.25, 0.3) is 0 Å². The van der Waals surface area contributed by atoms with Crippen LogP contribution < -0.4 is 4.74 Å². The van der Waals surface area contributed by atoms with Gasteiger partial charge in [-0.15, -0.1) is 0 Å². The zero-order valence-corrected chi connectivity index (χ0v) is 21.4. The molecule has 1 aliphatic carbocycles. The summed E-state index contributed by atoms with van der Waals surface area (Å²) in [4.78, 5) is 0. The summed E-state index contributed by atoms with van der Waals surface area (Å²) in [5.41, 5.74) is 1.77. The number of aryl methyl sites for hydroxylation is 3. The van der Waals surface area contributed by atoms with Crippen molar-refractivity contribution in [2.24, 2.45) is 11.8 Å². The Labute approximate surface area is 218 Å². The number of benzene rings is 3. The van der Waals surface area contributed by atoms with Crippen molar-refractivity contribution >= 4 is 10.8 Å². The van der Waals surface area contributed by atoms with Crippen molar-refractivity contribution in [1.29, 1.82) is 0 Å². The average molecular weight is 539 g/mol. The standard InChI is InChI=1S/C30H32F6O2/c1-37-17-21-6-3-19(4-7-21)2-5-20-9-13-25-24(14-20)12-11-23(28(25)33)10-8-22-15-26(31)29(27(32)16-22)38-18-30(34,35)36/h9,11-16,19,21H,2-8,10,17-18H2,1H3. The first-order chi connectivity index (χ1) is 18.1. The van der Waals surface area contributed by atoms with E-state index in [9.17, 15) is 22.0 Å². The number of hydrogen-bond donors (Lipinski definition) is 0. The van der Waals surface area contributed by atoms with Crippen molar-refractivity contribution in [2.45, 2.75) is 57.5 Å². The van der Waals surface area contributed by atoms with Gasteiger partial charge in [-0.2, -0.15) is 13.2 Å². The van der Waals surface area contributed by atoms with Crippen molar-refractivity contribution in [2.75, 3.05) is 20.3 Å². The molecular weight excluding hydrogens is 506 g/mol. The Kier molecular flexibility index (Phi) is 9.23. The molecule has 0 aliphatic heterocycles. The molecule has 206 valence electrons. The summed E-state index contributed by atoms with van der Waals surface area (Å²) in [6.45, 7) is -0.953. The number of methoxy groups -OCH3 is 1. The van der Waals surface area contributed by atoms with Gasteiger partial charge >= 0.3 is 6.18 Å². The highest BCUT2D eigenvalue weighted by Gasteiger charge is 2.30. The molecule has 38 heavy (non-hydrogen) atoms. The Hall–Kier alpha value is -2.74. The molecule has 8 heteroatoms. The molecule has 1 fully saturated rings. The molecule has 0 heterocycles. The van der Waals surface area contributed by atoms with E-state index in [-0.39, 0.29) is 24.2 Å². The molecule has 1 saturated carbocycles. The van der Waals surface area contributed by atoms with Crippen LogP contribution in [0.5, 0.6) is 5.75 Å². The molecule has 0 saturated heterocycles. The van der Waals surface area contributed by atoms with Gasteiger partial charge in [0.15, 0.2) is 24.0 Å². The second-order valence-electron chi connectivity index (χ2n) is 10.3. The molecule has 0 radical (unpaired) electrons. The fraction of sp³-hybridized carbons (Fsp3) is 0.467. The Balaban J connectivity index is 1.36. The summed E-state index contributed by atoms with van der Waals surface area (Å²) in [5, 5.41) is 1.29. The molecule has 3 aromatic carbocycles. The van der Waals surface area contributed by atoms with Crippen LogP contribution in [0.2, 0.25) is 0 Å². The average Bonchev–Trinajstić information content (AvgIpc) is 2.87. The second-order valence-corrected chi connectivity index (χ2v) is 10.3. The number of rotatable bonds is 10. The van der Waals surface area contributed by atoms with E-state index < -0.39 is 30.2 Å². The first-order valence-electron chi connectivity index (χ1n) is 13.0. The molecular formula is C30H32F6O2. The summed E-state index contributed by atoms with van der Waals surface area (Å²) in [6.07, 6.45) is 2.48. The van der Waals surface area contributed by atoms with Gasteiger partial charge < -0.3 is 9.47 Å². The molecule has 0 amide bonds. The first-order valence-corrected chi connectivity index (χ1v) is 13.0. The predicted octanol–water partition coefficient (Wildman–Crippen LogP) is 8.37. The van der Waals surface area contributed by atoms with Crippen LogP contribution >= 0.6 is 0 Å². The highest BCUT2D eigenvalue weighted by atomic mass is 19.4. The van der Waals surface area contributed by atoms with Crippen LogP contribution in [0.15, 0.2) is 42.5 Å². The maximum atomic E-state index is 15.2. The fourth-order valence-corrected chi connectivity index (χ4v) is 5.36. The zero-order chi connectivity index (χ0) is 27.3. The Morgan fingerprint density at radius 2 is 1.47 bits per heavy atom. The van der Waals surface area contributed by atoms with Gasteiger partial charge in [-0.3, -0.25) is 0 Å². The van der Waals surface area contributed by atoms with Crippen LogP contribution in [-0.4, -0.2) is 26.5 Å². The van der Waals surface area contributed by atoms with Gasteiger partial charge in [0.05, 0.1) is 0 Å². The van der Waals surface area contributed by atoms with Crippen molar-refractivity contribution in [3.63, 3.8) is 0 Å². The minimum Gasteiger partial charge on any atom is -0.478 e. The lowest BCUT2D eigenvalue weighted by atomic mass is 9.80. The third kappa shape index (κ3) is 7.43. The molecule has 2 nitrogen and oxygen atoms in total. The minimum atomic E-state index is -4.71. The predicted molar refractivity (Wildman–Crippen MR) is 135 cm³/mol. The summed E-state index contributed by atoms with van der Waals surface area (Å²) in [5.74, 6) is -2.52. The van der Waals surface area contributed by atoms with Crippen LogP contribution in [0, 0.1) is 29.3 Å². The lowest BCUT2D eigenvalue weighted by Crippen LogP contribution is -2.20. The van der Waals surface area contributed by atoms with E-state index in [1.807, 2.05) is 18.2 Å². The highest BCUT2D eigenvalue weighted by molar-refractivity contribution is 5.84. The monoisotopic (exact) mass is 538 g/mol. The molecule has 3 aromatic rings. The maximum Gasteiger partial charge on any atom is 0.422 e. The molecule has 0 aromatic heterocycles. The van der Waals surface area contributed by atoms with Crippen molar-refractivity contribution in [3.8, 4) is 5.75 Å². The molecule has 0 unspecified atom stereocenters. The largest absolute Gasteiger partial charge is 0.478 e. The summed E-state index contributed by atoms with van der Waals surface area (Å²) in [7, 11) is 1.75. The third-order valence-corrected chi connectivity index (χ3v) is 7.43. The first kappa shape index (κ1) is 28.3. The SMILES string of the molecule is COCC1CCC(CCc2ccc3c(F)c(CCc4cc(F)c(OCC(F)(F)F)c(F)c4)ccc3c2)CC1. The number of ether oxygens (including phenoxy) is 2. The third-order valence-electron chi connectivity index (χ3n) is 7.43. The second kappa shape index (κ2) is 12.4. The minimum absolute atomic E-state index is 0.112. The van der Waals surface area contributed by atoms with Gasteiger partial charge in [0.2, 0.25) is 0 Å². The lowest BCUT2D eigenvalue weighted by molar-refractivity contribution is -0.154. The van der Waals surface area contributed by atoms with Gasteiger partial charge in [-0.05, 0) is 84.6 Å². The van der Waals surface area contributed by atoms with Crippen LogP contribution in [0.3, 0.4) is 0 Å². The molecule has 4 rings (SSSR count). The number of fused-ring (bicyclic) bond motifs is 1. The fourth-order valence-electron chi connectivity index (χ4n) is 5.36. The van der Waals surface area contributed by atoms with E-state index in [0.29, 0.717) is 22.8 Å². The van der Waals surface area contributed by atoms with Crippen molar-refractivity contribution in [1.82, 2.24) is 0 Å². The van der Waals surface area contributed by atoms with Crippen LogP contribution in [-0.2, 0) is 24.0 Å². The quantitative estimate of drug-likeness (QED) is 0.242. The van der Waals surface area contributed by atoms with E-state index >= 15 is 4.39 Å². The van der Waals surface area contributed by atoms with Gasteiger partial charge in [-0.1, -0.05) is 43.2 Å². The van der Waals surface area contributed by atoms with E-state index in [2.05, 4.69) is 4.74 Å². The molecule has 0 spiro atoms. The molecule has 0 atom stereocenters. The topological polar surface area (TPSA) is 18.5 Å². The molecule has 0 bridgehead atoms. The van der Waals surface area contributed by atoms with E-state index in [4.69, 9.17) is 4.74 Å². The van der Waals surface area contributed by atoms with Crippen LogP contribution in [0.25, 0.3) is 10.8 Å². The van der Waals surface area contributed by atoms with Gasteiger partial charge in [0.1, 0.15) is 5.82 Å². The van der Waals surface area contributed by atoms with E-state index in [1.165, 1.54) is 31.2 Å². The summed E-state index contributed by atoms with van der Waals surface area (Å²) < 4.78 is 90.0. The summed E-state index contributed by atoms with van der Waals surface area (Å²) in [6, 6.07) is 11.1. The van der Waals surface area contributed by atoms with Crippen LogP contribution in [0.1, 0.15) is 48.8 Å². The molecule has 0 N–H and O–H groups in total. The van der Waals surface area contributed by atoms with Gasteiger partial charge in [0, 0.05) is 19.1 Å². The zero-order valence-electron chi connectivity index (χ0n) is 21.4.